The third kappa shape index (κ3) is 4.85. The number of carboxylic acid groups (broad SMARTS) is 1. The van der Waals surface area contributed by atoms with E-state index in [1.807, 2.05) is 13.0 Å². The van der Waals surface area contributed by atoms with E-state index >= 15 is 0 Å². The lowest BCUT2D eigenvalue weighted by Crippen LogP contribution is -2.38. The van der Waals surface area contributed by atoms with Gasteiger partial charge < -0.3 is 19.3 Å². The zero-order valence-corrected chi connectivity index (χ0v) is 20.9. The minimum atomic E-state index is -2.15. The van der Waals surface area contributed by atoms with E-state index in [4.69, 9.17) is 14.2 Å². The van der Waals surface area contributed by atoms with Crippen LogP contribution in [0.3, 0.4) is 0 Å². The predicted octanol–water partition coefficient (Wildman–Crippen LogP) is 3.06. The lowest BCUT2D eigenvalue weighted by molar-refractivity contribution is -0.153. The highest BCUT2D eigenvalue weighted by Crippen LogP contribution is 2.52. The molecule has 2 saturated carbocycles. The summed E-state index contributed by atoms with van der Waals surface area (Å²) >= 11 is 0. The van der Waals surface area contributed by atoms with Crippen molar-refractivity contribution in [2.45, 2.75) is 57.6 Å². The maximum Gasteiger partial charge on any atom is 0.341 e. The van der Waals surface area contributed by atoms with Crippen molar-refractivity contribution in [1.82, 2.24) is 29.9 Å². The van der Waals surface area contributed by atoms with Crippen LogP contribution >= 0.6 is 0 Å². The maximum absolute atomic E-state index is 15.0. The van der Waals surface area contributed by atoms with E-state index in [0.29, 0.717) is 60.1 Å². The number of aromatic nitrogens is 6. The van der Waals surface area contributed by atoms with E-state index in [1.54, 1.807) is 37.2 Å². The van der Waals surface area contributed by atoms with Crippen molar-refractivity contribution in [3.63, 3.8) is 0 Å². The molecule has 0 amide bonds. The predicted molar refractivity (Wildman–Crippen MR) is 127 cm³/mol. The second kappa shape index (κ2) is 10.0. The molecule has 3 heterocycles. The van der Waals surface area contributed by atoms with Gasteiger partial charge in [-0.25, -0.2) is 23.8 Å². The Bertz CT molecular complexity index is 1300. The fraction of sp³-hybridized carbons (Fsp3) is 0.520. The Labute approximate surface area is 213 Å². The Hall–Kier alpha value is -3.67. The van der Waals surface area contributed by atoms with Crippen LogP contribution in [0.4, 0.5) is 4.39 Å². The lowest BCUT2D eigenvalue weighted by atomic mass is 9.89. The molecule has 0 spiro atoms. The molecule has 4 atom stereocenters. The summed E-state index contributed by atoms with van der Waals surface area (Å²) in [5, 5.41) is 17.8. The van der Waals surface area contributed by atoms with Crippen molar-refractivity contribution in [3.8, 4) is 23.1 Å². The fourth-order valence-corrected chi connectivity index (χ4v) is 5.42. The number of hydrogen-bond acceptors (Lipinski definition) is 9. The number of nitrogens with zero attached hydrogens (tertiary/aromatic N) is 6. The average Bonchev–Trinajstić information content (AvgIpc) is 3.54. The Morgan fingerprint density at radius 3 is 2.84 bits per heavy atom. The van der Waals surface area contributed by atoms with Crippen LogP contribution in [0.1, 0.15) is 42.8 Å². The molecule has 3 aromatic heterocycles. The molecule has 5 rings (SSSR count). The molecule has 2 aliphatic rings. The number of fused-ring (bicyclic) bond motifs is 1. The summed E-state index contributed by atoms with van der Waals surface area (Å²) in [5.74, 6) is -1.26. The fourth-order valence-electron chi connectivity index (χ4n) is 5.42. The number of aliphatic carboxylic acids is 1. The molecule has 3 aromatic rings. The Kier molecular flexibility index (Phi) is 6.76. The topological polar surface area (TPSA) is 134 Å². The van der Waals surface area contributed by atoms with E-state index in [2.05, 4.69) is 25.3 Å². The molecule has 0 saturated heterocycles. The van der Waals surface area contributed by atoms with Crippen molar-refractivity contribution in [1.29, 1.82) is 0 Å². The van der Waals surface area contributed by atoms with Crippen molar-refractivity contribution in [3.05, 3.63) is 41.5 Å². The summed E-state index contributed by atoms with van der Waals surface area (Å²) in [6.07, 6.45) is 3.04. The summed E-state index contributed by atoms with van der Waals surface area (Å²) < 4.78 is 33.6. The molecule has 1 N–H and O–H groups in total. The number of carboxylic acids is 1. The first kappa shape index (κ1) is 25.0. The van der Waals surface area contributed by atoms with E-state index in [0.717, 1.165) is 0 Å². The van der Waals surface area contributed by atoms with Crippen LogP contribution in [-0.4, -0.2) is 59.9 Å². The van der Waals surface area contributed by atoms with Gasteiger partial charge in [0.25, 0.3) is 0 Å². The number of halogens is 1. The van der Waals surface area contributed by atoms with E-state index in [1.165, 1.54) is 0 Å². The summed E-state index contributed by atoms with van der Waals surface area (Å²) in [6, 6.07) is 5.57. The number of pyridine rings is 1. The lowest BCUT2D eigenvalue weighted by Gasteiger charge is -2.22. The van der Waals surface area contributed by atoms with Crippen LogP contribution in [0.2, 0.25) is 0 Å². The molecular weight excluding hydrogens is 483 g/mol. The third-order valence-electron chi connectivity index (χ3n) is 7.31. The number of methoxy groups -OCH3 is 1. The van der Waals surface area contributed by atoms with Crippen LogP contribution in [0.5, 0.6) is 11.8 Å². The smallest absolute Gasteiger partial charge is 0.341 e. The number of aryl methyl sites for hydroxylation is 2. The number of carbonyl (C=O) groups is 1. The standard InChI is InChI=1S/C25H29FN6O5/c1-14-21(37-17-10-15-6-8-25(26,23(33)34)18(15)11-17)5-4-19(28-14)22-20(32(2)31-30-22)13-36-24-27-9-7-16(29-24)12-35-3/h4-5,7,9,15,17-18H,6,8,10-13H2,1-3H3,(H,33,34)/t15-,17+,18+,25-/m1/s1. The van der Waals surface area contributed by atoms with E-state index < -0.39 is 17.6 Å². The van der Waals surface area contributed by atoms with Gasteiger partial charge in [0, 0.05) is 26.3 Å². The maximum atomic E-state index is 15.0. The van der Waals surface area contributed by atoms with Crippen molar-refractivity contribution < 1.29 is 28.5 Å². The van der Waals surface area contributed by atoms with E-state index in [9.17, 15) is 14.3 Å². The molecule has 37 heavy (non-hydrogen) atoms. The first-order valence-corrected chi connectivity index (χ1v) is 12.2. The summed E-state index contributed by atoms with van der Waals surface area (Å²) in [7, 11) is 3.36. The molecule has 2 fully saturated rings. The highest BCUT2D eigenvalue weighted by atomic mass is 19.1. The Balaban J connectivity index is 1.28. The number of rotatable bonds is 9. The molecule has 12 heteroatoms. The molecule has 0 aliphatic heterocycles. The normalized spacial score (nSPS) is 24.7. The van der Waals surface area contributed by atoms with Crippen molar-refractivity contribution in [2.75, 3.05) is 7.11 Å². The second-order valence-corrected chi connectivity index (χ2v) is 9.62. The van der Waals surface area contributed by atoms with Crippen molar-refractivity contribution >= 4 is 5.97 Å². The van der Waals surface area contributed by atoms with Crippen LogP contribution in [0.15, 0.2) is 24.4 Å². The zero-order valence-electron chi connectivity index (χ0n) is 20.9. The van der Waals surface area contributed by atoms with Gasteiger partial charge >= 0.3 is 12.0 Å². The van der Waals surface area contributed by atoms with Gasteiger partial charge in [-0.1, -0.05) is 5.21 Å². The van der Waals surface area contributed by atoms with Crippen LogP contribution in [0.25, 0.3) is 11.4 Å². The van der Waals surface area contributed by atoms with Gasteiger partial charge in [0.1, 0.15) is 23.7 Å². The highest BCUT2D eigenvalue weighted by molar-refractivity contribution is 5.78. The molecule has 0 radical (unpaired) electrons. The Morgan fingerprint density at radius 2 is 2.08 bits per heavy atom. The Morgan fingerprint density at radius 1 is 1.24 bits per heavy atom. The SMILES string of the molecule is COCc1ccnc(OCc2c(-c3ccc(O[C@H]4C[C@H]5CC[C@](F)(C(=O)O)[C@H]5C4)c(C)n3)nnn2C)n1. The summed E-state index contributed by atoms with van der Waals surface area (Å²) in [4.78, 5) is 24.6. The molecule has 0 bridgehead atoms. The van der Waals surface area contributed by atoms with Gasteiger partial charge in [0.2, 0.25) is 5.67 Å². The number of alkyl halides is 1. The van der Waals surface area contributed by atoms with Crippen LogP contribution in [0, 0.1) is 18.8 Å². The first-order chi connectivity index (χ1) is 17.8. The second-order valence-electron chi connectivity index (χ2n) is 9.62. The molecule has 196 valence electrons. The molecule has 0 aromatic carbocycles. The largest absolute Gasteiger partial charge is 0.489 e. The molecular formula is C25H29FN6O5. The quantitative estimate of drug-likeness (QED) is 0.456. The number of ether oxygens (including phenoxy) is 3. The van der Waals surface area contributed by atoms with Gasteiger partial charge in [-0.15, -0.1) is 5.10 Å². The summed E-state index contributed by atoms with van der Waals surface area (Å²) in [5.41, 5.74) is 1.05. The minimum absolute atomic E-state index is 0.0277. The first-order valence-electron chi connectivity index (χ1n) is 12.2. The summed E-state index contributed by atoms with van der Waals surface area (Å²) in [6.45, 7) is 2.31. The van der Waals surface area contributed by atoms with Gasteiger partial charge in [0.05, 0.1) is 29.8 Å². The third-order valence-corrected chi connectivity index (χ3v) is 7.31. The van der Waals surface area contributed by atoms with Crippen LogP contribution < -0.4 is 9.47 Å². The minimum Gasteiger partial charge on any atom is -0.489 e. The average molecular weight is 513 g/mol. The van der Waals surface area contributed by atoms with Gasteiger partial charge in [-0.3, -0.25) is 0 Å². The van der Waals surface area contributed by atoms with Gasteiger partial charge in [-0.2, -0.15) is 4.98 Å². The highest BCUT2D eigenvalue weighted by Gasteiger charge is 2.58. The molecule has 0 unspecified atom stereocenters. The van der Waals surface area contributed by atoms with Crippen molar-refractivity contribution in [2.24, 2.45) is 18.9 Å². The van der Waals surface area contributed by atoms with E-state index in [-0.39, 0.29) is 31.1 Å². The zero-order chi connectivity index (χ0) is 26.2. The van der Waals surface area contributed by atoms with Gasteiger partial charge in [-0.05, 0) is 56.7 Å². The van der Waals surface area contributed by atoms with Gasteiger partial charge in [0.15, 0.2) is 0 Å². The van der Waals surface area contributed by atoms with Crippen LogP contribution in [-0.2, 0) is 29.8 Å². The molecule has 11 nitrogen and oxygen atoms in total. The molecule has 2 aliphatic carbocycles. The monoisotopic (exact) mass is 512 g/mol. The number of hydrogen-bond donors (Lipinski definition) is 1.